The van der Waals surface area contributed by atoms with Gasteiger partial charge >= 0.3 is 0 Å². The molecule has 4 nitrogen and oxygen atoms in total. The quantitative estimate of drug-likeness (QED) is 0.438. The van der Waals surface area contributed by atoms with Gasteiger partial charge in [0.15, 0.2) is 5.96 Å². The van der Waals surface area contributed by atoms with Gasteiger partial charge in [-0.15, -0.1) is 0 Å². The van der Waals surface area contributed by atoms with Gasteiger partial charge in [0.05, 0.1) is 0 Å². The molecular formula is C18H28Cl2N4. The van der Waals surface area contributed by atoms with Gasteiger partial charge in [-0.2, -0.15) is 0 Å². The molecule has 0 bridgehead atoms. The zero-order chi connectivity index (χ0) is 17.4. The molecule has 1 fully saturated rings. The Morgan fingerprint density at radius 3 is 2.83 bits per heavy atom. The lowest BCUT2D eigenvalue weighted by Gasteiger charge is -2.16. The first-order valence-corrected chi connectivity index (χ1v) is 9.48. The number of nitrogens with zero attached hydrogens (tertiary/aromatic N) is 2. The van der Waals surface area contributed by atoms with Crippen LogP contribution in [-0.2, 0) is 6.42 Å². The Bertz CT molecular complexity index is 548. The molecule has 0 aliphatic carbocycles. The molecule has 0 aromatic heterocycles. The molecule has 2 rings (SSSR count). The predicted octanol–water partition coefficient (Wildman–Crippen LogP) is 3.43. The van der Waals surface area contributed by atoms with E-state index < -0.39 is 0 Å². The summed E-state index contributed by atoms with van der Waals surface area (Å²) in [6.07, 6.45) is 3.19. The van der Waals surface area contributed by atoms with Crippen molar-refractivity contribution in [3.8, 4) is 0 Å². The first kappa shape index (κ1) is 19.4. The van der Waals surface area contributed by atoms with Crippen molar-refractivity contribution in [1.82, 2.24) is 15.5 Å². The van der Waals surface area contributed by atoms with Crippen LogP contribution in [0.15, 0.2) is 23.2 Å². The van der Waals surface area contributed by atoms with Crippen molar-refractivity contribution >= 4 is 29.2 Å². The van der Waals surface area contributed by atoms with E-state index >= 15 is 0 Å². The summed E-state index contributed by atoms with van der Waals surface area (Å²) >= 11 is 12.1. The minimum absolute atomic E-state index is 0.681. The SMILES string of the molecule is CCN1CCC(CNC(=NC)NCCCc2ccc(Cl)cc2Cl)C1. The molecule has 6 heteroatoms. The maximum atomic E-state index is 6.20. The first-order valence-electron chi connectivity index (χ1n) is 8.73. The molecule has 1 aliphatic rings. The van der Waals surface area contributed by atoms with Gasteiger partial charge in [-0.25, -0.2) is 0 Å². The van der Waals surface area contributed by atoms with Crippen LogP contribution in [0.2, 0.25) is 10.0 Å². The third-order valence-corrected chi connectivity index (χ3v) is 5.12. The molecule has 134 valence electrons. The molecular weight excluding hydrogens is 343 g/mol. The Hall–Kier alpha value is -0.970. The van der Waals surface area contributed by atoms with Crippen LogP contribution in [0.5, 0.6) is 0 Å². The van der Waals surface area contributed by atoms with E-state index in [2.05, 4.69) is 27.4 Å². The second kappa shape index (κ2) is 10.1. The number of likely N-dealkylation sites (tertiary alicyclic amines) is 1. The van der Waals surface area contributed by atoms with Crippen molar-refractivity contribution in [3.63, 3.8) is 0 Å². The Morgan fingerprint density at radius 1 is 1.33 bits per heavy atom. The topological polar surface area (TPSA) is 39.7 Å². The molecule has 24 heavy (non-hydrogen) atoms. The summed E-state index contributed by atoms with van der Waals surface area (Å²) in [5.41, 5.74) is 1.14. The standard InChI is InChI=1S/C18H28Cl2N4/c1-3-24-10-8-14(13-24)12-23-18(21-2)22-9-4-5-15-6-7-16(19)11-17(15)20/h6-7,11,14H,3-5,8-10,12-13H2,1-2H3,(H2,21,22,23). The number of halogens is 2. The van der Waals surface area contributed by atoms with Gasteiger partial charge in [-0.05, 0) is 56.0 Å². The number of aryl methyl sites for hydroxylation is 1. The summed E-state index contributed by atoms with van der Waals surface area (Å²) in [6, 6.07) is 5.68. The maximum absolute atomic E-state index is 6.20. The second-order valence-corrected chi connectivity index (χ2v) is 7.11. The zero-order valence-electron chi connectivity index (χ0n) is 14.6. The van der Waals surface area contributed by atoms with Crippen molar-refractivity contribution in [2.75, 3.05) is 39.8 Å². The van der Waals surface area contributed by atoms with Crippen LogP contribution in [-0.4, -0.2) is 50.6 Å². The molecule has 0 spiro atoms. The highest BCUT2D eigenvalue weighted by Gasteiger charge is 2.20. The van der Waals surface area contributed by atoms with Crippen LogP contribution in [0.4, 0.5) is 0 Å². The van der Waals surface area contributed by atoms with E-state index in [1.54, 1.807) is 6.07 Å². The average Bonchev–Trinajstić information content (AvgIpc) is 3.04. The molecule has 1 atom stereocenters. The minimum atomic E-state index is 0.681. The second-order valence-electron chi connectivity index (χ2n) is 6.27. The van der Waals surface area contributed by atoms with Gasteiger partial charge < -0.3 is 15.5 Å². The summed E-state index contributed by atoms with van der Waals surface area (Å²) in [5.74, 6) is 1.60. The van der Waals surface area contributed by atoms with E-state index in [1.165, 1.54) is 19.5 Å². The first-order chi connectivity index (χ1) is 11.6. The lowest BCUT2D eigenvalue weighted by Crippen LogP contribution is -2.40. The number of aliphatic imine (C=N–C) groups is 1. The number of hydrogen-bond donors (Lipinski definition) is 2. The highest BCUT2D eigenvalue weighted by atomic mass is 35.5. The summed E-state index contributed by atoms with van der Waals surface area (Å²) in [6.45, 7) is 7.63. The summed E-state index contributed by atoms with van der Waals surface area (Å²) < 4.78 is 0. The summed E-state index contributed by atoms with van der Waals surface area (Å²) in [4.78, 5) is 6.80. The molecule has 1 aromatic rings. The molecule has 0 radical (unpaired) electrons. The van der Waals surface area contributed by atoms with Gasteiger partial charge in [0.1, 0.15) is 0 Å². The molecule has 2 N–H and O–H groups in total. The summed E-state index contributed by atoms with van der Waals surface area (Å²) in [5, 5.41) is 8.24. The monoisotopic (exact) mass is 370 g/mol. The predicted molar refractivity (Wildman–Crippen MR) is 104 cm³/mol. The van der Waals surface area contributed by atoms with Crippen LogP contribution in [0.25, 0.3) is 0 Å². The van der Waals surface area contributed by atoms with Crippen LogP contribution >= 0.6 is 23.2 Å². The van der Waals surface area contributed by atoms with E-state index in [9.17, 15) is 0 Å². The Morgan fingerprint density at radius 2 is 2.17 bits per heavy atom. The normalized spacial score (nSPS) is 18.8. The van der Waals surface area contributed by atoms with E-state index in [0.717, 1.165) is 54.9 Å². The van der Waals surface area contributed by atoms with Crippen molar-refractivity contribution in [2.45, 2.75) is 26.2 Å². The average molecular weight is 371 g/mol. The zero-order valence-corrected chi connectivity index (χ0v) is 16.1. The van der Waals surface area contributed by atoms with Crippen molar-refractivity contribution in [2.24, 2.45) is 10.9 Å². The maximum Gasteiger partial charge on any atom is 0.190 e. The fourth-order valence-corrected chi connectivity index (χ4v) is 3.54. The van der Waals surface area contributed by atoms with Gasteiger partial charge in [0.25, 0.3) is 0 Å². The third kappa shape index (κ3) is 6.15. The van der Waals surface area contributed by atoms with Crippen LogP contribution in [0.3, 0.4) is 0 Å². The smallest absolute Gasteiger partial charge is 0.190 e. The van der Waals surface area contributed by atoms with Crippen LogP contribution < -0.4 is 10.6 Å². The molecule has 0 amide bonds. The number of nitrogens with one attached hydrogen (secondary N) is 2. The number of guanidine groups is 1. The fraction of sp³-hybridized carbons (Fsp3) is 0.611. The highest BCUT2D eigenvalue weighted by Crippen LogP contribution is 2.21. The fourth-order valence-electron chi connectivity index (χ4n) is 3.04. The Kier molecular flexibility index (Phi) is 8.16. The van der Waals surface area contributed by atoms with E-state index in [4.69, 9.17) is 23.2 Å². The van der Waals surface area contributed by atoms with Crippen molar-refractivity contribution in [3.05, 3.63) is 33.8 Å². The van der Waals surface area contributed by atoms with Gasteiger partial charge in [0, 0.05) is 36.7 Å². The van der Waals surface area contributed by atoms with Gasteiger partial charge in [-0.3, -0.25) is 4.99 Å². The van der Waals surface area contributed by atoms with Gasteiger partial charge in [0.2, 0.25) is 0 Å². The van der Waals surface area contributed by atoms with E-state index in [-0.39, 0.29) is 0 Å². The van der Waals surface area contributed by atoms with E-state index in [1.807, 2.05) is 19.2 Å². The molecule has 1 aliphatic heterocycles. The molecule has 1 saturated heterocycles. The molecule has 1 aromatic carbocycles. The number of hydrogen-bond acceptors (Lipinski definition) is 2. The number of rotatable bonds is 7. The lowest BCUT2D eigenvalue weighted by molar-refractivity contribution is 0.342. The molecule has 0 saturated carbocycles. The van der Waals surface area contributed by atoms with Crippen LogP contribution in [0, 0.1) is 5.92 Å². The Balaban J connectivity index is 1.65. The largest absolute Gasteiger partial charge is 0.356 e. The van der Waals surface area contributed by atoms with Crippen molar-refractivity contribution in [1.29, 1.82) is 0 Å². The highest BCUT2D eigenvalue weighted by molar-refractivity contribution is 6.35. The molecule has 1 unspecified atom stereocenters. The van der Waals surface area contributed by atoms with Crippen molar-refractivity contribution < 1.29 is 0 Å². The molecule has 1 heterocycles. The third-order valence-electron chi connectivity index (χ3n) is 4.53. The van der Waals surface area contributed by atoms with Gasteiger partial charge in [-0.1, -0.05) is 36.2 Å². The number of benzene rings is 1. The lowest BCUT2D eigenvalue weighted by atomic mass is 10.1. The van der Waals surface area contributed by atoms with E-state index in [0.29, 0.717) is 5.02 Å². The minimum Gasteiger partial charge on any atom is -0.356 e. The Labute approximate surface area is 155 Å². The summed E-state index contributed by atoms with van der Waals surface area (Å²) in [7, 11) is 1.82. The van der Waals surface area contributed by atoms with Crippen LogP contribution in [0.1, 0.15) is 25.3 Å².